The Morgan fingerprint density at radius 3 is 2.71 bits per heavy atom. The number of aromatic nitrogens is 1. The Labute approximate surface area is 120 Å². The number of hydrogen-bond donors (Lipinski definition) is 1. The number of rotatable bonds is 3. The monoisotopic (exact) mass is 283 g/mol. The van der Waals surface area contributed by atoms with Crippen LogP contribution in [0.25, 0.3) is 21.8 Å². The second-order valence-electron chi connectivity index (χ2n) is 4.61. The standard InChI is InChI=1S/C15H13N3O3/c1-2-21-15-11-8-9-7-10(18(19)20)3-5-13(9)17-14(11)6-4-12(15)16/h3-8H,2,16H2,1H3. The molecule has 0 aliphatic rings. The van der Waals surface area contributed by atoms with Gasteiger partial charge in [-0.1, -0.05) is 0 Å². The van der Waals surface area contributed by atoms with Crippen LogP contribution in [0.5, 0.6) is 5.75 Å². The van der Waals surface area contributed by atoms with Gasteiger partial charge < -0.3 is 10.5 Å². The molecule has 6 nitrogen and oxygen atoms in total. The van der Waals surface area contributed by atoms with Crippen LogP contribution in [0.15, 0.2) is 36.4 Å². The van der Waals surface area contributed by atoms with Crippen molar-refractivity contribution in [3.05, 3.63) is 46.5 Å². The smallest absolute Gasteiger partial charge is 0.270 e. The van der Waals surface area contributed by atoms with Crippen LogP contribution >= 0.6 is 0 Å². The van der Waals surface area contributed by atoms with Crippen LogP contribution in [-0.4, -0.2) is 16.5 Å². The van der Waals surface area contributed by atoms with Crippen LogP contribution < -0.4 is 10.5 Å². The highest BCUT2D eigenvalue weighted by Gasteiger charge is 2.11. The SMILES string of the molecule is CCOc1c(N)ccc2nc3ccc([N+](=O)[O-])cc3cc12. The first-order valence-electron chi connectivity index (χ1n) is 6.50. The number of benzene rings is 2. The van der Waals surface area contributed by atoms with Gasteiger partial charge in [0.05, 0.1) is 28.3 Å². The summed E-state index contributed by atoms with van der Waals surface area (Å²) in [7, 11) is 0. The lowest BCUT2D eigenvalue weighted by atomic mass is 10.1. The number of hydrogen-bond acceptors (Lipinski definition) is 5. The normalized spacial score (nSPS) is 10.9. The summed E-state index contributed by atoms with van der Waals surface area (Å²) >= 11 is 0. The number of nitro groups is 1. The third kappa shape index (κ3) is 2.20. The van der Waals surface area contributed by atoms with Crippen molar-refractivity contribution in [2.45, 2.75) is 6.92 Å². The molecule has 0 amide bonds. The highest BCUT2D eigenvalue weighted by atomic mass is 16.6. The number of fused-ring (bicyclic) bond motifs is 2. The number of nitrogen functional groups attached to an aromatic ring is 1. The molecule has 0 aliphatic heterocycles. The fraction of sp³-hybridized carbons (Fsp3) is 0.133. The molecule has 0 atom stereocenters. The van der Waals surface area contributed by atoms with E-state index in [4.69, 9.17) is 10.5 Å². The van der Waals surface area contributed by atoms with Crippen LogP contribution in [0.2, 0.25) is 0 Å². The fourth-order valence-corrected chi connectivity index (χ4v) is 2.31. The lowest BCUT2D eigenvalue weighted by molar-refractivity contribution is -0.384. The zero-order valence-corrected chi connectivity index (χ0v) is 11.4. The van der Waals surface area contributed by atoms with Crippen molar-refractivity contribution in [1.82, 2.24) is 4.98 Å². The van der Waals surface area contributed by atoms with Gasteiger partial charge in [-0.05, 0) is 31.2 Å². The van der Waals surface area contributed by atoms with Crippen molar-refractivity contribution in [1.29, 1.82) is 0 Å². The highest BCUT2D eigenvalue weighted by Crippen LogP contribution is 2.33. The molecule has 106 valence electrons. The van der Waals surface area contributed by atoms with E-state index in [1.54, 1.807) is 12.1 Å². The molecule has 3 rings (SSSR count). The van der Waals surface area contributed by atoms with Crippen molar-refractivity contribution in [3.63, 3.8) is 0 Å². The Hall–Kier alpha value is -2.89. The molecule has 3 aromatic rings. The molecule has 0 radical (unpaired) electrons. The lowest BCUT2D eigenvalue weighted by Crippen LogP contribution is -1.98. The van der Waals surface area contributed by atoms with E-state index in [2.05, 4.69) is 4.98 Å². The minimum Gasteiger partial charge on any atom is -0.491 e. The van der Waals surface area contributed by atoms with Gasteiger partial charge in [0, 0.05) is 22.9 Å². The molecule has 0 fully saturated rings. The predicted octanol–water partition coefficient (Wildman–Crippen LogP) is 3.28. The molecule has 0 unspecified atom stereocenters. The zero-order chi connectivity index (χ0) is 15.0. The number of anilines is 1. The van der Waals surface area contributed by atoms with E-state index in [0.717, 1.165) is 10.9 Å². The van der Waals surface area contributed by atoms with E-state index in [1.807, 2.05) is 19.1 Å². The van der Waals surface area contributed by atoms with Gasteiger partial charge in [-0.3, -0.25) is 10.1 Å². The molecule has 2 N–H and O–H groups in total. The Balaban J connectivity index is 2.33. The summed E-state index contributed by atoms with van der Waals surface area (Å²) < 4.78 is 5.58. The third-order valence-corrected chi connectivity index (χ3v) is 3.25. The van der Waals surface area contributed by atoms with Gasteiger partial charge in [-0.2, -0.15) is 0 Å². The van der Waals surface area contributed by atoms with Crippen molar-refractivity contribution >= 4 is 33.2 Å². The summed E-state index contributed by atoms with van der Waals surface area (Å²) in [5, 5.41) is 12.3. The predicted molar refractivity (Wildman–Crippen MR) is 81.5 cm³/mol. The molecule has 1 heterocycles. The molecule has 6 heteroatoms. The van der Waals surface area contributed by atoms with Gasteiger partial charge in [0.15, 0.2) is 5.75 Å². The fourth-order valence-electron chi connectivity index (χ4n) is 2.31. The van der Waals surface area contributed by atoms with Crippen LogP contribution in [0.4, 0.5) is 11.4 Å². The molecular formula is C15H13N3O3. The average molecular weight is 283 g/mol. The number of pyridine rings is 1. The van der Waals surface area contributed by atoms with Gasteiger partial charge in [-0.25, -0.2) is 4.98 Å². The molecule has 0 saturated carbocycles. The first-order valence-corrected chi connectivity index (χ1v) is 6.50. The molecule has 0 bridgehead atoms. The second kappa shape index (κ2) is 4.90. The largest absolute Gasteiger partial charge is 0.491 e. The average Bonchev–Trinajstić information content (AvgIpc) is 2.48. The Morgan fingerprint density at radius 2 is 2.00 bits per heavy atom. The van der Waals surface area contributed by atoms with Crippen LogP contribution in [0.3, 0.4) is 0 Å². The molecule has 0 spiro atoms. The van der Waals surface area contributed by atoms with Crippen molar-refractivity contribution in [3.8, 4) is 5.75 Å². The van der Waals surface area contributed by atoms with E-state index in [-0.39, 0.29) is 5.69 Å². The van der Waals surface area contributed by atoms with E-state index >= 15 is 0 Å². The van der Waals surface area contributed by atoms with Crippen molar-refractivity contribution in [2.75, 3.05) is 12.3 Å². The summed E-state index contributed by atoms with van der Waals surface area (Å²) in [6.07, 6.45) is 0. The van der Waals surface area contributed by atoms with Crippen molar-refractivity contribution < 1.29 is 9.66 Å². The summed E-state index contributed by atoms with van der Waals surface area (Å²) in [6, 6.07) is 9.98. The first kappa shape index (κ1) is 13.1. The number of nitro benzene ring substituents is 1. The summed E-state index contributed by atoms with van der Waals surface area (Å²) in [4.78, 5) is 15.0. The molecule has 2 aromatic carbocycles. The minimum absolute atomic E-state index is 0.0329. The molecular weight excluding hydrogens is 270 g/mol. The van der Waals surface area contributed by atoms with Crippen molar-refractivity contribution in [2.24, 2.45) is 0 Å². The Kier molecular flexibility index (Phi) is 3.06. The number of nitrogens with zero attached hydrogens (tertiary/aromatic N) is 2. The first-order chi connectivity index (χ1) is 10.1. The van der Waals surface area contributed by atoms with Crippen LogP contribution in [0.1, 0.15) is 6.92 Å². The van der Waals surface area contributed by atoms with Gasteiger partial charge in [0.25, 0.3) is 5.69 Å². The van der Waals surface area contributed by atoms with Gasteiger partial charge in [0.2, 0.25) is 0 Å². The number of nitrogens with two attached hydrogens (primary N) is 1. The maximum Gasteiger partial charge on any atom is 0.270 e. The van der Waals surface area contributed by atoms with Crippen LogP contribution in [0, 0.1) is 10.1 Å². The Morgan fingerprint density at radius 1 is 1.24 bits per heavy atom. The van der Waals surface area contributed by atoms with Gasteiger partial charge in [0.1, 0.15) is 0 Å². The lowest BCUT2D eigenvalue weighted by Gasteiger charge is -2.11. The quantitative estimate of drug-likeness (QED) is 0.344. The van der Waals surface area contributed by atoms with Crippen LogP contribution in [-0.2, 0) is 0 Å². The molecule has 0 aliphatic carbocycles. The summed E-state index contributed by atoms with van der Waals surface area (Å²) in [6.45, 7) is 2.36. The molecule has 21 heavy (non-hydrogen) atoms. The summed E-state index contributed by atoms with van der Waals surface area (Å²) in [5.41, 5.74) is 7.93. The van der Waals surface area contributed by atoms with Gasteiger partial charge >= 0.3 is 0 Å². The maximum absolute atomic E-state index is 10.9. The highest BCUT2D eigenvalue weighted by molar-refractivity contribution is 5.99. The second-order valence-corrected chi connectivity index (χ2v) is 4.61. The van der Waals surface area contributed by atoms with E-state index in [1.165, 1.54) is 12.1 Å². The number of ether oxygens (including phenoxy) is 1. The summed E-state index contributed by atoms with van der Waals surface area (Å²) in [5.74, 6) is 0.566. The molecule has 1 aromatic heterocycles. The van der Waals surface area contributed by atoms with E-state index in [9.17, 15) is 10.1 Å². The zero-order valence-electron chi connectivity index (χ0n) is 11.4. The molecule has 0 saturated heterocycles. The number of non-ortho nitro benzene ring substituents is 1. The minimum atomic E-state index is -0.424. The topological polar surface area (TPSA) is 91.3 Å². The Bertz CT molecular complexity index is 862. The van der Waals surface area contributed by atoms with Gasteiger partial charge in [-0.15, -0.1) is 0 Å². The maximum atomic E-state index is 10.9. The van der Waals surface area contributed by atoms with E-state index in [0.29, 0.717) is 28.9 Å². The third-order valence-electron chi connectivity index (χ3n) is 3.25. The van der Waals surface area contributed by atoms with E-state index < -0.39 is 4.92 Å².